The molecule has 3 nitrogen and oxygen atoms in total. The van der Waals surface area contributed by atoms with Crippen molar-refractivity contribution < 1.29 is 4.79 Å². The van der Waals surface area contributed by atoms with Gasteiger partial charge in [-0.05, 0) is 72.0 Å². The summed E-state index contributed by atoms with van der Waals surface area (Å²) in [6, 6.07) is 15.3. The topological polar surface area (TPSA) is 44.9 Å². The van der Waals surface area contributed by atoms with E-state index in [2.05, 4.69) is 52.8 Å². The van der Waals surface area contributed by atoms with Gasteiger partial charge in [-0.25, -0.2) is 0 Å². The minimum absolute atomic E-state index is 0.111. The summed E-state index contributed by atoms with van der Waals surface area (Å²) >= 11 is 0. The van der Waals surface area contributed by atoms with Gasteiger partial charge in [-0.3, -0.25) is 4.79 Å². The van der Waals surface area contributed by atoms with E-state index in [-0.39, 0.29) is 11.8 Å². The first-order valence-electron chi connectivity index (χ1n) is 8.71. The van der Waals surface area contributed by atoms with Crippen LogP contribution in [0.1, 0.15) is 24.5 Å². The maximum absolute atomic E-state index is 12.2. The molecular weight excluding hydrogens is 296 g/mol. The number of fused-ring (bicyclic) bond motifs is 2. The highest BCUT2D eigenvalue weighted by Gasteiger charge is 2.24. The van der Waals surface area contributed by atoms with E-state index in [0.717, 1.165) is 24.8 Å². The number of hydrogen-bond donors (Lipinski definition) is 2. The van der Waals surface area contributed by atoms with Crippen LogP contribution < -0.4 is 5.32 Å². The summed E-state index contributed by atoms with van der Waals surface area (Å²) < 4.78 is 0. The number of carbonyl (C=O) groups excluding carboxylic acids is 1. The van der Waals surface area contributed by atoms with E-state index in [1.165, 1.54) is 27.6 Å². The Morgan fingerprint density at radius 2 is 1.96 bits per heavy atom. The van der Waals surface area contributed by atoms with Crippen molar-refractivity contribution in [1.82, 2.24) is 10.3 Å². The molecule has 1 atom stereocenters. The fourth-order valence-corrected chi connectivity index (χ4v) is 3.71. The molecule has 2 aromatic carbocycles. The van der Waals surface area contributed by atoms with E-state index in [0.29, 0.717) is 6.54 Å². The van der Waals surface area contributed by atoms with Crippen LogP contribution in [0, 0.1) is 5.92 Å². The van der Waals surface area contributed by atoms with Crippen LogP contribution in [0.25, 0.3) is 22.0 Å². The van der Waals surface area contributed by atoms with Crippen LogP contribution >= 0.6 is 0 Å². The van der Waals surface area contributed by atoms with Gasteiger partial charge in [0.2, 0.25) is 5.91 Å². The molecule has 1 amide bonds. The zero-order chi connectivity index (χ0) is 16.5. The number of rotatable bonds is 3. The lowest BCUT2D eigenvalue weighted by Gasteiger charge is -2.24. The van der Waals surface area contributed by atoms with E-state index in [4.69, 9.17) is 0 Å². The third-order valence-electron chi connectivity index (χ3n) is 5.04. The summed E-state index contributed by atoms with van der Waals surface area (Å²) in [4.78, 5) is 15.4. The maximum atomic E-state index is 12.2. The van der Waals surface area contributed by atoms with Gasteiger partial charge in [0.05, 0.1) is 0 Å². The number of aromatic nitrogens is 1. The summed E-state index contributed by atoms with van der Waals surface area (Å²) in [5, 5.41) is 4.19. The zero-order valence-electron chi connectivity index (χ0n) is 13.9. The molecule has 0 spiro atoms. The Labute approximate surface area is 142 Å². The maximum Gasteiger partial charge on any atom is 0.223 e. The lowest BCUT2D eigenvalue weighted by molar-refractivity contribution is -0.125. The molecule has 1 aliphatic carbocycles. The van der Waals surface area contributed by atoms with Crippen LogP contribution in [-0.4, -0.2) is 17.4 Å². The number of hydrogen-bond acceptors (Lipinski definition) is 1. The Morgan fingerprint density at radius 1 is 1.12 bits per heavy atom. The van der Waals surface area contributed by atoms with Crippen molar-refractivity contribution in [3.8, 4) is 11.1 Å². The molecule has 0 saturated heterocycles. The van der Waals surface area contributed by atoms with Gasteiger partial charge in [-0.15, -0.1) is 0 Å². The molecule has 0 radical (unpaired) electrons. The van der Waals surface area contributed by atoms with Crippen LogP contribution in [0.4, 0.5) is 0 Å². The highest BCUT2D eigenvalue weighted by atomic mass is 16.1. The Balaban J connectivity index is 1.65. The molecule has 1 aliphatic rings. The molecule has 0 aliphatic heterocycles. The lowest BCUT2D eigenvalue weighted by Crippen LogP contribution is -2.33. The molecule has 24 heavy (non-hydrogen) atoms. The van der Waals surface area contributed by atoms with Crippen molar-refractivity contribution in [3.63, 3.8) is 0 Å². The predicted octanol–water partition coefficient (Wildman–Crippen LogP) is 4.08. The molecule has 122 valence electrons. The number of amides is 1. The second-order valence-electron chi connectivity index (χ2n) is 6.60. The summed E-state index contributed by atoms with van der Waals surface area (Å²) in [5.74, 6) is 0.308. The van der Waals surface area contributed by atoms with Gasteiger partial charge in [-0.1, -0.05) is 24.3 Å². The molecule has 4 rings (SSSR count). The highest BCUT2D eigenvalue weighted by molar-refractivity contribution is 5.85. The standard InChI is InChI=1S/C21H22N2O/c1-2-22-21(24)18-6-4-14-3-5-15(12-19(14)13-18)16-7-8-20-17(11-16)9-10-23-20/h3,5,7-12,18,23H,2,4,6,13H2,1H3,(H,22,24). The molecule has 1 aromatic heterocycles. The van der Waals surface area contributed by atoms with Gasteiger partial charge in [0, 0.05) is 24.2 Å². The van der Waals surface area contributed by atoms with Gasteiger partial charge in [0.1, 0.15) is 0 Å². The monoisotopic (exact) mass is 318 g/mol. The minimum atomic E-state index is 0.111. The number of nitrogens with one attached hydrogen (secondary N) is 2. The average molecular weight is 318 g/mol. The number of H-pyrrole nitrogens is 1. The Hall–Kier alpha value is -2.55. The molecule has 2 N–H and O–H groups in total. The number of aryl methyl sites for hydroxylation is 1. The van der Waals surface area contributed by atoms with Crippen molar-refractivity contribution in [3.05, 3.63) is 59.8 Å². The number of aromatic amines is 1. The predicted molar refractivity (Wildman–Crippen MR) is 97.9 cm³/mol. The van der Waals surface area contributed by atoms with E-state index in [1.54, 1.807) is 0 Å². The van der Waals surface area contributed by atoms with Crippen LogP contribution in [0.15, 0.2) is 48.7 Å². The summed E-state index contributed by atoms with van der Waals surface area (Å²) in [6.07, 6.45) is 4.77. The van der Waals surface area contributed by atoms with Crippen LogP contribution in [-0.2, 0) is 17.6 Å². The van der Waals surface area contributed by atoms with Crippen molar-refractivity contribution in [1.29, 1.82) is 0 Å². The summed E-state index contributed by atoms with van der Waals surface area (Å²) in [5.41, 5.74) is 6.33. The van der Waals surface area contributed by atoms with Crippen LogP contribution in [0.3, 0.4) is 0 Å². The minimum Gasteiger partial charge on any atom is -0.361 e. The Morgan fingerprint density at radius 3 is 2.83 bits per heavy atom. The molecular formula is C21H22N2O. The van der Waals surface area contributed by atoms with E-state index in [1.807, 2.05) is 13.1 Å². The van der Waals surface area contributed by atoms with Crippen molar-refractivity contribution in [2.45, 2.75) is 26.2 Å². The van der Waals surface area contributed by atoms with Crippen molar-refractivity contribution in [2.75, 3.05) is 6.54 Å². The van der Waals surface area contributed by atoms with E-state index >= 15 is 0 Å². The Bertz CT molecular complexity index is 894. The third-order valence-corrected chi connectivity index (χ3v) is 5.04. The van der Waals surface area contributed by atoms with Gasteiger partial charge < -0.3 is 10.3 Å². The number of carbonyl (C=O) groups is 1. The van der Waals surface area contributed by atoms with Gasteiger partial charge in [0.15, 0.2) is 0 Å². The number of benzene rings is 2. The average Bonchev–Trinajstić information content (AvgIpc) is 3.08. The van der Waals surface area contributed by atoms with Crippen LogP contribution in [0.5, 0.6) is 0 Å². The summed E-state index contributed by atoms with van der Waals surface area (Å²) in [6.45, 7) is 2.68. The summed E-state index contributed by atoms with van der Waals surface area (Å²) in [7, 11) is 0. The first-order chi connectivity index (χ1) is 11.7. The zero-order valence-corrected chi connectivity index (χ0v) is 13.9. The molecule has 3 heteroatoms. The first-order valence-corrected chi connectivity index (χ1v) is 8.71. The SMILES string of the molecule is CCNC(=O)C1CCc2ccc(-c3ccc4[nH]ccc4c3)cc2C1. The van der Waals surface area contributed by atoms with E-state index < -0.39 is 0 Å². The quantitative estimate of drug-likeness (QED) is 0.751. The largest absolute Gasteiger partial charge is 0.361 e. The lowest BCUT2D eigenvalue weighted by atomic mass is 9.82. The van der Waals surface area contributed by atoms with Crippen LogP contribution in [0.2, 0.25) is 0 Å². The normalized spacial score (nSPS) is 16.8. The molecule has 1 unspecified atom stereocenters. The molecule has 3 aromatic rings. The fraction of sp³-hybridized carbons (Fsp3) is 0.286. The van der Waals surface area contributed by atoms with Gasteiger partial charge in [0.25, 0.3) is 0 Å². The first kappa shape index (κ1) is 15.0. The van der Waals surface area contributed by atoms with Gasteiger partial charge >= 0.3 is 0 Å². The molecule has 0 bridgehead atoms. The highest BCUT2D eigenvalue weighted by Crippen LogP contribution is 2.31. The van der Waals surface area contributed by atoms with Gasteiger partial charge in [-0.2, -0.15) is 0 Å². The van der Waals surface area contributed by atoms with E-state index in [9.17, 15) is 4.79 Å². The Kier molecular flexibility index (Phi) is 3.85. The molecule has 0 saturated carbocycles. The fourth-order valence-electron chi connectivity index (χ4n) is 3.71. The van der Waals surface area contributed by atoms with Crippen molar-refractivity contribution >= 4 is 16.8 Å². The second kappa shape index (κ2) is 6.16. The third kappa shape index (κ3) is 2.71. The molecule has 1 heterocycles. The second-order valence-corrected chi connectivity index (χ2v) is 6.60. The van der Waals surface area contributed by atoms with Crippen molar-refractivity contribution in [2.24, 2.45) is 5.92 Å². The molecule has 0 fully saturated rings. The smallest absolute Gasteiger partial charge is 0.223 e.